The van der Waals surface area contributed by atoms with Gasteiger partial charge < -0.3 is 10.1 Å². The fourth-order valence-electron chi connectivity index (χ4n) is 1.71. The molecule has 0 spiro atoms. The molecule has 0 aliphatic heterocycles. The van der Waals surface area contributed by atoms with Crippen molar-refractivity contribution >= 4 is 51.5 Å². The largest absolute Gasteiger partial charge is 0.497 e. The number of hydrogen-bond donors (Lipinski definition) is 2. The summed E-state index contributed by atoms with van der Waals surface area (Å²) in [5, 5.41) is 13.9. The average Bonchev–Trinajstić information content (AvgIpc) is 3.02. The average molecular weight is 389 g/mol. The lowest BCUT2D eigenvalue weighted by atomic mass is 10.2. The predicted octanol–water partition coefficient (Wildman–Crippen LogP) is 2.26. The van der Waals surface area contributed by atoms with Crippen molar-refractivity contribution in [3.05, 3.63) is 34.8 Å². The Bertz CT molecular complexity index is 724. The van der Waals surface area contributed by atoms with Gasteiger partial charge >= 0.3 is 0 Å². The lowest BCUT2D eigenvalue weighted by molar-refractivity contribution is -0.114. The third kappa shape index (κ3) is 5.33. The van der Waals surface area contributed by atoms with Crippen LogP contribution in [0.2, 0.25) is 0 Å². The monoisotopic (exact) mass is 388 g/mol. The van der Waals surface area contributed by atoms with Crippen LogP contribution < -0.4 is 15.4 Å². The Morgan fingerprint density at radius 2 is 2.12 bits per heavy atom. The van der Waals surface area contributed by atoms with Crippen LogP contribution in [0, 0.1) is 0 Å². The van der Waals surface area contributed by atoms with Gasteiger partial charge in [0.05, 0.1) is 7.11 Å². The van der Waals surface area contributed by atoms with E-state index in [0.29, 0.717) is 34.4 Å². The number of halogens is 2. The number of benzene rings is 1. The second-order valence-electron chi connectivity index (χ2n) is 4.53. The normalized spacial score (nSPS) is 10.5. The molecule has 7 nitrogen and oxygen atoms in total. The summed E-state index contributed by atoms with van der Waals surface area (Å²) in [6.45, 7) is 0.381. The summed E-state index contributed by atoms with van der Waals surface area (Å²) in [6, 6.07) is 6.86. The number of nitrogens with zero attached hydrogens (tertiary/aromatic N) is 2. The number of ether oxygens (including phenoxy) is 1. The molecule has 0 saturated heterocycles. The highest BCUT2D eigenvalue weighted by Gasteiger charge is 2.14. The van der Waals surface area contributed by atoms with Crippen molar-refractivity contribution in [2.45, 2.75) is 11.3 Å². The van der Waals surface area contributed by atoms with E-state index in [-0.39, 0.29) is 5.91 Å². The Hall–Kier alpha value is -1.90. The quantitative estimate of drug-likeness (QED) is 0.709. The summed E-state index contributed by atoms with van der Waals surface area (Å²) < 4.78 is 5.08. The summed E-state index contributed by atoms with van der Waals surface area (Å²) in [5.74, 6) is -0.157. The van der Waals surface area contributed by atoms with E-state index >= 15 is 0 Å². The van der Waals surface area contributed by atoms with Crippen LogP contribution in [0.5, 0.6) is 5.75 Å². The van der Waals surface area contributed by atoms with E-state index in [1.807, 2.05) is 0 Å². The maximum Gasteiger partial charge on any atom is 0.259 e. The third-order valence-electron chi connectivity index (χ3n) is 2.85. The first-order valence-corrected chi connectivity index (χ1v) is 8.52. The maximum atomic E-state index is 12.0. The first-order chi connectivity index (χ1) is 11.5. The van der Waals surface area contributed by atoms with Crippen molar-refractivity contribution in [3.8, 4) is 5.75 Å². The molecular weight excluding hydrogens is 375 g/mol. The van der Waals surface area contributed by atoms with Crippen molar-refractivity contribution in [3.63, 3.8) is 0 Å². The first kappa shape index (κ1) is 18.4. The molecule has 128 valence electrons. The van der Waals surface area contributed by atoms with Crippen LogP contribution in [0.25, 0.3) is 0 Å². The minimum atomic E-state index is -1.17. The molecule has 0 aliphatic carbocycles. The minimum Gasteiger partial charge on any atom is -0.497 e. The van der Waals surface area contributed by atoms with E-state index in [2.05, 4.69) is 20.8 Å². The smallest absolute Gasteiger partial charge is 0.259 e. The van der Waals surface area contributed by atoms with Gasteiger partial charge in [0.25, 0.3) is 11.8 Å². The van der Waals surface area contributed by atoms with Gasteiger partial charge in [-0.15, -0.1) is 10.2 Å². The van der Waals surface area contributed by atoms with Gasteiger partial charge in [0.15, 0.2) is 4.84 Å². The van der Waals surface area contributed by atoms with E-state index in [9.17, 15) is 9.59 Å². The SMILES string of the molecule is COc1cccc(C(=O)NCCc2nnc(NC(=O)C(Cl)Cl)s2)c1. The highest BCUT2D eigenvalue weighted by molar-refractivity contribution is 7.15. The molecule has 0 bridgehead atoms. The second-order valence-corrected chi connectivity index (χ2v) is 6.69. The third-order valence-corrected chi connectivity index (χ3v) is 4.15. The van der Waals surface area contributed by atoms with E-state index in [4.69, 9.17) is 27.9 Å². The van der Waals surface area contributed by atoms with Gasteiger partial charge in [-0.05, 0) is 18.2 Å². The van der Waals surface area contributed by atoms with Crippen molar-refractivity contribution in [2.24, 2.45) is 0 Å². The van der Waals surface area contributed by atoms with Gasteiger partial charge in [0, 0.05) is 18.5 Å². The molecule has 0 saturated carbocycles. The van der Waals surface area contributed by atoms with E-state index in [1.165, 1.54) is 11.3 Å². The Balaban J connectivity index is 1.82. The maximum absolute atomic E-state index is 12.0. The molecule has 0 atom stereocenters. The van der Waals surface area contributed by atoms with E-state index < -0.39 is 10.7 Å². The van der Waals surface area contributed by atoms with Crippen molar-refractivity contribution in [1.29, 1.82) is 0 Å². The zero-order valence-electron chi connectivity index (χ0n) is 12.6. The molecule has 2 aromatic rings. The molecular formula is C14H14Cl2N4O3S. The van der Waals surface area contributed by atoms with Crippen LogP contribution >= 0.6 is 34.5 Å². The zero-order valence-corrected chi connectivity index (χ0v) is 14.9. The summed E-state index contributed by atoms with van der Waals surface area (Å²) >= 11 is 12.1. The second kappa shape index (κ2) is 8.81. The Labute approximate surface area is 152 Å². The van der Waals surface area contributed by atoms with Crippen LogP contribution in [0.3, 0.4) is 0 Å². The van der Waals surface area contributed by atoms with Gasteiger partial charge in [-0.2, -0.15) is 0 Å². The van der Waals surface area contributed by atoms with Gasteiger partial charge in [0.2, 0.25) is 5.13 Å². The number of alkyl halides is 2. The number of amides is 2. The lowest BCUT2D eigenvalue weighted by Gasteiger charge is -2.05. The molecule has 0 fully saturated rings. The van der Waals surface area contributed by atoms with Crippen LogP contribution in [-0.4, -0.2) is 40.5 Å². The number of aromatic nitrogens is 2. The Morgan fingerprint density at radius 1 is 1.33 bits per heavy atom. The highest BCUT2D eigenvalue weighted by atomic mass is 35.5. The number of hydrogen-bond acceptors (Lipinski definition) is 6. The number of nitrogens with one attached hydrogen (secondary N) is 2. The zero-order chi connectivity index (χ0) is 17.5. The summed E-state index contributed by atoms with van der Waals surface area (Å²) in [6.07, 6.45) is 0.481. The van der Waals surface area contributed by atoms with E-state index in [1.54, 1.807) is 31.4 Å². The number of anilines is 1. The van der Waals surface area contributed by atoms with Gasteiger partial charge in [-0.3, -0.25) is 14.9 Å². The molecule has 0 radical (unpaired) electrons. The number of carbonyl (C=O) groups excluding carboxylic acids is 2. The summed E-state index contributed by atoms with van der Waals surface area (Å²) in [7, 11) is 1.54. The number of carbonyl (C=O) groups is 2. The lowest BCUT2D eigenvalue weighted by Crippen LogP contribution is -2.25. The van der Waals surface area contributed by atoms with Crippen LogP contribution in [-0.2, 0) is 11.2 Å². The highest BCUT2D eigenvalue weighted by Crippen LogP contribution is 2.17. The van der Waals surface area contributed by atoms with Gasteiger partial charge in [-0.25, -0.2) is 0 Å². The van der Waals surface area contributed by atoms with Crippen molar-refractivity contribution in [1.82, 2.24) is 15.5 Å². The fourth-order valence-corrected chi connectivity index (χ4v) is 2.57. The molecule has 2 N–H and O–H groups in total. The molecule has 2 amide bonds. The number of rotatable bonds is 7. The van der Waals surface area contributed by atoms with Gasteiger partial charge in [-0.1, -0.05) is 40.6 Å². The summed E-state index contributed by atoms with van der Waals surface area (Å²) in [5.41, 5.74) is 0.509. The molecule has 0 aliphatic rings. The topological polar surface area (TPSA) is 93.2 Å². The molecule has 1 heterocycles. The van der Waals surface area contributed by atoms with Crippen molar-refractivity contribution in [2.75, 3.05) is 19.0 Å². The molecule has 2 rings (SSSR count). The van der Waals surface area contributed by atoms with Crippen LogP contribution in [0.15, 0.2) is 24.3 Å². The predicted molar refractivity (Wildman–Crippen MR) is 93.1 cm³/mol. The Morgan fingerprint density at radius 3 is 2.83 bits per heavy atom. The number of methoxy groups -OCH3 is 1. The molecule has 10 heteroatoms. The van der Waals surface area contributed by atoms with E-state index in [0.717, 1.165) is 0 Å². The summed E-state index contributed by atoms with van der Waals surface area (Å²) in [4.78, 5) is 22.2. The molecule has 0 unspecified atom stereocenters. The fraction of sp³-hybridized carbons (Fsp3) is 0.286. The van der Waals surface area contributed by atoms with Gasteiger partial charge in [0.1, 0.15) is 10.8 Å². The van der Waals surface area contributed by atoms with Crippen LogP contribution in [0.1, 0.15) is 15.4 Å². The molecule has 24 heavy (non-hydrogen) atoms. The minimum absolute atomic E-state index is 0.209. The molecule has 1 aromatic heterocycles. The Kier molecular flexibility index (Phi) is 6.77. The van der Waals surface area contributed by atoms with Crippen molar-refractivity contribution < 1.29 is 14.3 Å². The standard InChI is InChI=1S/C14H14Cl2N4O3S/c1-23-9-4-2-3-8(7-9)12(21)17-6-5-10-19-20-14(24-10)18-13(22)11(15)16/h2-4,7,11H,5-6H2,1H3,(H,17,21)(H,18,20,22). The van der Waals surface area contributed by atoms with Crippen LogP contribution in [0.4, 0.5) is 5.13 Å². The first-order valence-electron chi connectivity index (χ1n) is 6.83. The molecule has 1 aromatic carbocycles.